The van der Waals surface area contributed by atoms with Crippen LogP contribution >= 0.6 is 23.2 Å². The quantitative estimate of drug-likeness (QED) is 0.480. The van der Waals surface area contributed by atoms with Crippen LogP contribution in [-0.2, 0) is 0 Å². The zero-order valence-electron chi connectivity index (χ0n) is 15.9. The van der Waals surface area contributed by atoms with Gasteiger partial charge in [-0.1, -0.05) is 42.3 Å². The van der Waals surface area contributed by atoms with Crippen molar-refractivity contribution in [3.63, 3.8) is 0 Å². The molecule has 8 heteroatoms. The first-order valence-corrected chi connectivity index (χ1v) is 9.99. The molecule has 0 bridgehead atoms. The van der Waals surface area contributed by atoms with Crippen molar-refractivity contribution >= 4 is 57.1 Å². The number of amides is 1. The van der Waals surface area contributed by atoms with Crippen LogP contribution in [0.5, 0.6) is 0 Å². The highest BCUT2D eigenvalue weighted by atomic mass is 35.5. The molecule has 0 saturated heterocycles. The highest BCUT2D eigenvalue weighted by molar-refractivity contribution is 6.42. The van der Waals surface area contributed by atoms with Crippen molar-refractivity contribution in [2.75, 3.05) is 5.73 Å². The normalized spacial score (nSPS) is 12.4. The number of nitrogens with two attached hydrogens (primary N) is 1. The lowest BCUT2D eigenvalue weighted by Gasteiger charge is -2.12. The minimum atomic E-state index is -0.287. The largest absolute Gasteiger partial charge is 0.384 e. The Hall–Kier alpha value is -2.83. The summed E-state index contributed by atoms with van der Waals surface area (Å²) in [5.74, 6) is -0.0419. The third-order valence-corrected chi connectivity index (χ3v) is 5.62. The smallest absolute Gasteiger partial charge is 0.257 e. The summed E-state index contributed by atoms with van der Waals surface area (Å²) >= 11 is 12.3. The van der Waals surface area contributed by atoms with Crippen molar-refractivity contribution in [3.05, 3.63) is 58.1 Å². The number of fused-ring (bicyclic) bond motifs is 2. The van der Waals surface area contributed by atoms with E-state index in [-0.39, 0.29) is 17.8 Å². The van der Waals surface area contributed by atoms with Crippen LogP contribution in [0.2, 0.25) is 10.0 Å². The Bertz CT molecular complexity index is 1250. The predicted octanol–water partition coefficient (Wildman–Crippen LogP) is 4.99. The van der Waals surface area contributed by atoms with Crippen molar-refractivity contribution in [1.82, 2.24) is 19.9 Å². The molecular weight excluding hydrogens is 409 g/mol. The molecule has 2 aromatic heterocycles. The number of aromatic nitrogens is 3. The molecule has 0 saturated carbocycles. The number of nitrogens with zero attached hydrogens (tertiary/aromatic N) is 3. The summed E-state index contributed by atoms with van der Waals surface area (Å²) < 4.78 is 1.68. The van der Waals surface area contributed by atoms with Crippen molar-refractivity contribution in [3.8, 4) is 5.69 Å². The first-order chi connectivity index (χ1) is 13.9. The molecule has 1 amide bonds. The van der Waals surface area contributed by atoms with Crippen LogP contribution in [0.4, 0.5) is 5.82 Å². The molecular formula is C21H19Cl2N5O. The number of para-hydroxylation sites is 2. The fraction of sp³-hybridized carbons (Fsp3) is 0.190. The van der Waals surface area contributed by atoms with Crippen LogP contribution < -0.4 is 11.1 Å². The van der Waals surface area contributed by atoms with Crippen LogP contribution in [0.3, 0.4) is 0 Å². The monoisotopic (exact) mass is 427 g/mol. The Kier molecular flexibility index (Phi) is 5.06. The number of hydrogen-bond acceptors (Lipinski definition) is 4. The van der Waals surface area contributed by atoms with Gasteiger partial charge in [-0.25, -0.2) is 9.97 Å². The average molecular weight is 428 g/mol. The molecule has 4 rings (SSSR count). The van der Waals surface area contributed by atoms with Crippen molar-refractivity contribution in [2.45, 2.75) is 26.3 Å². The second kappa shape index (κ2) is 7.54. The first-order valence-electron chi connectivity index (χ1n) is 9.23. The molecule has 0 radical (unpaired) electrons. The number of halogens is 2. The minimum absolute atomic E-state index is 0.00121. The van der Waals surface area contributed by atoms with E-state index in [1.54, 1.807) is 22.8 Å². The van der Waals surface area contributed by atoms with Crippen LogP contribution in [0.15, 0.2) is 42.5 Å². The van der Waals surface area contributed by atoms with Crippen LogP contribution in [-0.4, -0.2) is 26.5 Å². The number of rotatable bonds is 4. The summed E-state index contributed by atoms with van der Waals surface area (Å²) in [5.41, 5.74) is 9.71. The molecule has 148 valence electrons. The van der Waals surface area contributed by atoms with Gasteiger partial charge >= 0.3 is 0 Å². The number of benzene rings is 2. The number of nitrogens with one attached hydrogen (secondary N) is 1. The molecule has 3 N–H and O–H groups in total. The van der Waals surface area contributed by atoms with E-state index in [1.807, 2.05) is 38.1 Å². The summed E-state index contributed by atoms with van der Waals surface area (Å²) in [6.45, 7) is 3.94. The standard InChI is InChI=1S/C21H19Cl2N5O/c1-3-11(2)25-21(29)17-18-20(27-16-7-5-4-6-15(16)26-18)28(19(17)24)12-8-9-13(22)14(23)10-12/h4-11H,3,24H2,1-2H3,(H,25,29). The Labute approximate surface area is 177 Å². The summed E-state index contributed by atoms with van der Waals surface area (Å²) in [5, 5.41) is 3.77. The topological polar surface area (TPSA) is 85.8 Å². The molecule has 0 aliphatic heterocycles. The van der Waals surface area contributed by atoms with Crippen LogP contribution in [0, 0.1) is 0 Å². The lowest BCUT2D eigenvalue weighted by Crippen LogP contribution is -2.32. The second-order valence-electron chi connectivity index (χ2n) is 6.86. The van der Waals surface area contributed by atoms with Gasteiger partial charge in [0.15, 0.2) is 5.65 Å². The maximum absolute atomic E-state index is 13.0. The molecule has 2 heterocycles. The van der Waals surface area contributed by atoms with Crippen molar-refractivity contribution < 1.29 is 4.79 Å². The van der Waals surface area contributed by atoms with Gasteiger partial charge in [-0.15, -0.1) is 0 Å². The van der Waals surface area contributed by atoms with Gasteiger partial charge in [0.2, 0.25) is 0 Å². The molecule has 0 spiro atoms. The van der Waals surface area contributed by atoms with E-state index in [2.05, 4.69) is 5.32 Å². The molecule has 1 atom stereocenters. The minimum Gasteiger partial charge on any atom is -0.384 e. The second-order valence-corrected chi connectivity index (χ2v) is 7.68. The molecule has 0 aliphatic carbocycles. The molecule has 6 nitrogen and oxygen atoms in total. The van der Waals surface area contributed by atoms with E-state index in [4.69, 9.17) is 38.9 Å². The fourth-order valence-corrected chi connectivity index (χ4v) is 3.46. The Morgan fingerprint density at radius 3 is 2.48 bits per heavy atom. The summed E-state index contributed by atoms with van der Waals surface area (Å²) in [7, 11) is 0. The third kappa shape index (κ3) is 3.39. The lowest BCUT2D eigenvalue weighted by atomic mass is 10.2. The van der Waals surface area contributed by atoms with Gasteiger partial charge < -0.3 is 11.1 Å². The predicted molar refractivity (Wildman–Crippen MR) is 118 cm³/mol. The van der Waals surface area contributed by atoms with E-state index in [9.17, 15) is 4.79 Å². The SMILES string of the molecule is CCC(C)NC(=O)c1c(N)n(-c2ccc(Cl)c(Cl)c2)c2nc3ccccc3nc12. The number of anilines is 1. The molecule has 1 unspecified atom stereocenters. The van der Waals surface area contributed by atoms with Gasteiger partial charge in [0.25, 0.3) is 5.91 Å². The van der Waals surface area contributed by atoms with Gasteiger partial charge in [-0.2, -0.15) is 0 Å². The van der Waals surface area contributed by atoms with Crippen molar-refractivity contribution in [2.24, 2.45) is 0 Å². The van der Waals surface area contributed by atoms with Gasteiger partial charge in [-0.05, 0) is 43.7 Å². The highest BCUT2D eigenvalue weighted by Crippen LogP contribution is 2.33. The van der Waals surface area contributed by atoms with Gasteiger partial charge in [0.1, 0.15) is 16.9 Å². The number of hydrogen-bond donors (Lipinski definition) is 2. The maximum Gasteiger partial charge on any atom is 0.257 e. The van der Waals surface area contributed by atoms with Gasteiger partial charge in [0, 0.05) is 6.04 Å². The maximum atomic E-state index is 13.0. The van der Waals surface area contributed by atoms with Gasteiger partial charge in [-0.3, -0.25) is 9.36 Å². The lowest BCUT2D eigenvalue weighted by molar-refractivity contribution is 0.0941. The van der Waals surface area contributed by atoms with E-state index in [0.717, 1.165) is 6.42 Å². The number of carbonyl (C=O) groups excluding carboxylic acids is 1. The van der Waals surface area contributed by atoms with E-state index in [0.29, 0.717) is 43.5 Å². The molecule has 2 aromatic carbocycles. The average Bonchev–Trinajstić information content (AvgIpc) is 2.99. The highest BCUT2D eigenvalue weighted by Gasteiger charge is 2.25. The fourth-order valence-electron chi connectivity index (χ4n) is 3.17. The first kappa shape index (κ1) is 19.5. The zero-order valence-corrected chi connectivity index (χ0v) is 17.4. The summed E-state index contributed by atoms with van der Waals surface area (Å²) in [6.07, 6.45) is 0.797. The van der Waals surface area contributed by atoms with E-state index < -0.39 is 0 Å². The summed E-state index contributed by atoms with van der Waals surface area (Å²) in [6, 6.07) is 12.6. The number of carbonyl (C=O) groups is 1. The van der Waals surface area contributed by atoms with E-state index >= 15 is 0 Å². The van der Waals surface area contributed by atoms with Gasteiger partial charge in [0.05, 0.1) is 26.8 Å². The zero-order chi connectivity index (χ0) is 20.7. The molecule has 29 heavy (non-hydrogen) atoms. The molecule has 4 aromatic rings. The molecule has 0 fully saturated rings. The number of nitrogen functional groups attached to an aromatic ring is 1. The van der Waals surface area contributed by atoms with Crippen LogP contribution in [0.25, 0.3) is 27.9 Å². The van der Waals surface area contributed by atoms with E-state index in [1.165, 1.54) is 0 Å². The Balaban J connectivity index is 2.04. The third-order valence-electron chi connectivity index (χ3n) is 4.88. The molecule has 0 aliphatic rings. The Morgan fingerprint density at radius 1 is 1.14 bits per heavy atom. The van der Waals surface area contributed by atoms with Crippen LogP contribution in [0.1, 0.15) is 30.6 Å². The van der Waals surface area contributed by atoms with Crippen molar-refractivity contribution in [1.29, 1.82) is 0 Å². The Morgan fingerprint density at radius 2 is 1.83 bits per heavy atom. The summed E-state index contributed by atoms with van der Waals surface area (Å²) in [4.78, 5) is 22.5.